The number of nitrogens with one attached hydrogen (secondary N) is 1. The summed E-state index contributed by atoms with van der Waals surface area (Å²) >= 11 is 1.68. The van der Waals surface area contributed by atoms with Crippen LogP contribution in [0.15, 0.2) is 17.6 Å². The fraction of sp³-hybridized carbons (Fsp3) is 0.455. The zero-order valence-corrected chi connectivity index (χ0v) is 10.6. The summed E-state index contributed by atoms with van der Waals surface area (Å²) in [6.45, 7) is 5.10. The van der Waals surface area contributed by atoms with Crippen molar-refractivity contribution in [2.75, 3.05) is 0 Å². The summed E-state index contributed by atoms with van der Waals surface area (Å²) in [5.74, 6) is 0. The molecule has 0 aliphatic carbocycles. The molecule has 2 aromatic rings. The molecule has 0 aliphatic rings. The number of hydrogen-bond acceptors (Lipinski definition) is 4. The van der Waals surface area contributed by atoms with Crippen molar-refractivity contribution in [2.24, 2.45) is 7.05 Å². The number of aromatic nitrogens is 3. The molecule has 0 saturated carbocycles. The zero-order chi connectivity index (χ0) is 11.5. The quantitative estimate of drug-likeness (QED) is 0.883. The van der Waals surface area contributed by atoms with E-state index >= 15 is 0 Å². The van der Waals surface area contributed by atoms with Crippen LogP contribution in [-0.2, 0) is 13.6 Å². The number of rotatable bonds is 4. The predicted molar refractivity (Wildman–Crippen MR) is 66.3 cm³/mol. The normalized spacial score (nSPS) is 11.2. The minimum atomic E-state index is 0.490. The van der Waals surface area contributed by atoms with Crippen molar-refractivity contribution in [2.45, 2.75) is 26.4 Å². The first-order valence-corrected chi connectivity index (χ1v) is 6.21. The van der Waals surface area contributed by atoms with Crippen LogP contribution in [0.1, 0.15) is 18.9 Å². The Morgan fingerprint density at radius 3 is 2.94 bits per heavy atom. The molecule has 0 fully saturated rings. The van der Waals surface area contributed by atoms with Gasteiger partial charge in [0.1, 0.15) is 5.01 Å². The first-order chi connectivity index (χ1) is 7.66. The molecule has 2 rings (SSSR count). The van der Waals surface area contributed by atoms with Crippen LogP contribution in [0.2, 0.25) is 0 Å². The van der Waals surface area contributed by atoms with Gasteiger partial charge in [-0.3, -0.25) is 4.68 Å². The third-order valence-electron chi connectivity index (χ3n) is 2.30. The molecular weight excluding hydrogens is 220 g/mol. The first kappa shape index (κ1) is 11.3. The van der Waals surface area contributed by atoms with Crippen LogP contribution < -0.4 is 5.32 Å². The van der Waals surface area contributed by atoms with E-state index in [1.165, 1.54) is 0 Å². The van der Waals surface area contributed by atoms with Gasteiger partial charge >= 0.3 is 0 Å². The molecule has 0 unspecified atom stereocenters. The number of thiazole rings is 1. The highest BCUT2D eigenvalue weighted by atomic mass is 32.1. The summed E-state index contributed by atoms with van der Waals surface area (Å²) in [6, 6.07) is 2.47. The smallest absolute Gasteiger partial charge is 0.107 e. The minimum Gasteiger partial charge on any atom is -0.308 e. The summed E-state index contributed by atoms with van der Waals surface area (Å²) in [4.78, 5) is 4.58. The van der Waals surface area contributed by atoms with Gasteiger partial charge in [-0.05, 0) is 6.07 Å². The van der Waals surface area contributed by atoms with Gasteiger partial charge in [0.15, 0.2) is 0 Å². The van der Waals surface area contributed by atoms with E-state index in [-0.39, 0.29) is 0 Å². The fourth-order valence-corrected chi connectivity index (χ4v) is 2.17. The molecule has 0 aromatic carbocycles. The van der Waals surface area contributed by atoms with Gasteiger partial charge in [-0.15, -0.1) is 11.3 Å². The molecule has 0 radical (unpaired) electrons. The van der Waals surface area contributed by atoms with Gasteiger partial charge in [-0.2, -0.15) is 5.10 Å². The van der Waals surface area contributed by atoms with E-state index in [2.05, 4.69) is 34.6 Å². The summed E-state index contributed by atoms with van der Waals surface area (Å²) in [6.07, 6.45) is 1.79. The minimum absolute atomic E-state index is 0.490. The van der Waals surface area contributed by atoms with Crippen molar-refractivity contribution in [3.63, 3.8) is 0 Å². The second-order valence-corrected chi connectivity index (χ2v) is 4.94. The second-order valence-electron chi connectivity index (χ2n) is 4.00. The van der Waals surface area contributed by atoms with Crippen LogP contribution in [-0.4, -0.2) is 20.8 Å². The molecule has 0 atom stereocenters. The van der Waals surface area contributed by atoms with Crippen molar-refractivity contribution in [3.8, 4) is 11.4 Å². The maximum Gasteiger partial charge on any atom is 0.107 e. The van der Waals surface area contributed by atoms with E-state index in [1.54, 1.807) is 17.5 Å². The molecule has 0 amide bonds. The third kappa shape index (κ3) is 2.48. The van der Waals surface area contributed by atoms with Crippen LogP contribution in [0.25, 0.3) is 11.4 Å². The third-order valence-corrected chi connectivity index (χ3v) is 3.15. The largest absolute Gasteiger partial charge is 0.308 e. The molecule has 1 N–H and O–H groups in total. The maximum absolute atomic E-state index is 4.58. The maximum atomic E-state index is 4.58. The van der Waals surface area contributed by atoms with E-state index in [9.17, 15) is 0 Å². The topological polar surface area (TPSA) is 42.7 Å². The van der Waals surface area contributed by atoms with Crippen molar-refractivity contribution >= 4 is 11.3 Å². The van der Waals surface area contributed by atoms with Crippen molar-refractivity contribution in [3.05, 3.63) is 22.7 Å². The van der Waals surface area contributed by atoms with Gasteiger partial charge in [0, 0.05) is 31.2 Å². The summed E-state index contributed by atoms with van der Waals surface area (Å²) in [7, 11) is 1.93. The van der Waals surface area contributed by atoms with Crippen molar-refractivity contribution in [1.29, 1.82) is 0 Å². The van der Waals surface area contributed by atoms with Crippen LogP contribution in [0.4, 0.5) is 0 Å². The van der Waals surface area contributed by atoms with Crippen molar-refractivity contribution < 1.29 is 0 Å². The lowest BCUT2D eigenvalue weighted by atomic mass is 10.3. The number of aryl methyl sites for hydroxylation is 1. The molecule has 0 spiro atoms. The first-order valence-electron chi connectivity index (χ1n) is 5.33. The summed E-state index contributed by atoms with van der Waals surface area (Å²) in [5.41, 5.74) is 2.07. The molecule has 16 heavy (non-hydrogen) atoms. The van der Waals surface area contributed by atoms with Gasteiger partial charge < -0.3 is 5.32 Å². The van der Waals surface area contributed by atoms with Crippen LogP contribution in [0.5, 0.6) is 0 Å². The lowest BCUT2D eigenvalue weighted by Gasteiger charge is -2.04. The van der Waals surface area contributed by atoms with Crippen LogP contribution in [0, 0.1) is 0 Å². The average molecular weight is 236 g/mol. The Balaban J connectivity index is 2.11. The standard InChI is InChI=1S/C11H16N4S/c1-8(2)12-6-11-14-9(7-16-11)10-4-5-13-15(10)3/h4-5,7-8,12H,6H2,1-3H3. The lowest BCUT2D eigenvalue weighted by Crippen LogP contribution is -2.21. The molecule has 2 heterocycles. The Morgan fingerprint density at radius 1 is 1.50 bits per heavy atom. The second kappa shape index (κ2) is 4.76. The fourth-order valence-electron chi connectivity index (χ4n) is 1.43. The molecule has 5 heteroatoms. The molecule has 0 saturated heterocycles. The zero-order valence-electron chi connectivity index (χ0n) is 9.77. The van der Waals surface area contributed by atoms with Gasteiger partial charge in [0.05, 0.1) is 11.4 Å². The monoisotopic (exact) mass is 236 g/mol. The average Bonchev–Trinajstić information content (AvgIpc) is 2.83. The van der Waals surface area contributed by atoms with Crippen LogP contribution in [0.3, 0.4) is 0 Å². The Hall–Kier alpha value is -1.20. The van der Waals surface area contributed by atoms with E-state index in [4.69, 9.17) is 0 Å². The predicted octanol–water partition coefficient (Wildman–Crippen LogP) is 2.04. The highest BCUT2D eigenvalue weighted by molar-refractivity contribution is 7.09. The molecule has 4 nitrogen and oxygen atoms in total. The van der Waals surface area contributed by atoms with Crippen molar-refractivity contribution in [1.82, 2.24) is 20.1 Å². The summed E-state index contributed by atoms with van der Waals surface area (Å²) in [5, 5.41) is 10.7. The molecule has 0 aliphatic heterocycles. The summed E-state index contributed by atoms with van der Waals surface area (Å²) < 4.78 is 1.84. The Morgan fingerprint density at radius 2 is 2.31 bits per heavy atom. The Bertz CT molecular complexity index is 458. The molecule has 2 aromatic heterocycles. The van der Waals surface area contributed by atoms with Gasteiger partial charge in [-0.25, -0.2) is 4.98 Å². The van der Waals surface area contributed by atoms with Gasteiger partial charge in [0.2, 0.25) is 0 Å². The van der Waals surface area contributed by atoms with E-state index in [1.807, 2.05) is 17.8 Å². The molecule has 0 bridgehead atoms. The van der Waals surface area contributed by atoms with Gasteiger partial charge in [0.25, 0.3) is 0 Å². The lowest BCUT2D eigenvalue weighted by molar-refractivity contribution is 0.587. The molecule has 86 valence electrons. The number of nitrogens with zero attached hydrogens (tertiary/aromatic N) is 3. The highest BCUT2D eigenvalue weighted by Crippen LogP contribution is 2.20. The van der Waals surface area contributed by atoms with E-state index in [0.717, 1.165) is 22.9 Å². The van der Waals surface area contributed by atoms with E-state index in [0.29, 0.717) is 6.04 Å². The highest BCUT2D eigenvalue weighted by Gasteiger charge is 2.07. The Kier molecular flexibility index (Phi) is 3.36. The van der Waals surface area contributed by atoms with Crippen LogP contribution >= 0.6 is 11.3 Å². The SMILES string of the molecule is CC(C)NCc1nc(-c2ccnn2C)cs1. The van der Waals surface area contributed by atoms with Gasteiger partial charge in [-0.1, -0.05) is 13.8 Å². The van der Waals surface area contributed by atoms with E-state index < -0.39 is 0 Å². The Labute approximate surface area is 99.3 Å². The number of hydrogen-bond donors (Lipinski definition) is 1. The molecular formula is C11H16N4S.